The molecule has 0 aromatic rings. The predicted molar refractivity (Wildman–Crippen MR) is 114 cm³/mol. The van der Waals surface area contributed by atoms with Crippen molar-refractivity contribution in [3.05, 3.63) is 23.5 Å². The summed E-state index contributed by atoms with van der Waals surface area (Å²) >= 11 is 6.01. The van der Waals surface area contributed by atoms with Gasteiger partial charge in [-0.05, 0) is 50.5 Å². The van der Waals surface area contributed by atoms with Crippen molar-refractivity contribution in [3.63, 3.8) is 0 Å². The van der Waals surface area contributed by atoms with Crippen molar-refractivity contribution in [2.45, 2.75) is 96.4 Å². The van der Waals surface area contributed by atoms with E-state index >= 15 is 0 Å². The molecule has 0 aromatic carbocycles. The van der Waals surface area contributed by atoms with Gasteiger partial charge in [-0.3, -0.25) is 4.99 Å². The molecule has 0 heterocycles. The summed E-state index contributed by atoms with van der Waals surface area (Å²) in [5.74, 6) is 3.18. The van der Waals surface area contributed by atoms with Crippen molar-refractivity contribution in [2.75, 3.05) is 0 Å². The highest BCUT2D eigenvalue weighted by Crippen LogP contribution is 2.34. The maximum atomic E-state index is 6.01. The molecule has 2 fully saturated rings. The third-order valence-corrected chi connectivity index (χ3v) is 6.44. The average Bonchev–Trinajstić information content (AvgIpc) is 2.64. The first-order valence-corrected chi connectivity index (χ1v) is 11.1. The maximum Gasteiger partial charge on any atom is 0.121 e. The molecule has 2 saturated carbocycles. The molecule has 3 nitrogen and oxygen atoms in total. The summed E-state index contributed by atoms with van der Waals surface area (Å²) < 4.78 is 0. The Hall–Kier alpha value is -0.960. The van der Waals surface area contributed by atoms with E-state index in [1.54, 1.807) is 6.08 Å². The van der Waals surface area contributed by atoms with Crippen LogP contribution < -0.4 is 11.1 Å². The zero-order chi connectivity index (χ0) is 18.8. The topological polar surface area (TPSA) is 50.4 Å². The molecule has 3 atom stereocenters. The van der Waals surface area contributed by atoms with E-state index in [0.29, 0.717) is 16.9 Å². The molecule has 148 valence electrons. The minimum Gasteiger partial charge on any atom is -0.384 e. The van der Waals surface area contributed by atoms with Crippen LogP contribution in [0.3, 0.4) is 0 Å². The van der Waals surface area contributed by atoms with Gasteiger partial charge in [0, 0.05) is 0 Å². The molecule has 0 aromatic heterocycles. The van der Waals surface area contributed by atoms with Crippen LogP contribution in [0.5, 0.6) is 0 Å². The second-order valence-electron chi connectivity index (χ2n) is 8.28. The van der Waals surface area contributed by atoms with Crippen LogP contribution in [0.4, 0.5) is 0 Å². The lowest BCUT2D eigenvalue weighted by atomic mass is 9.80. The Morgan fingerprint density at radius 1 is 0.962 bits per heavy atom. The number of hydrogen-bond donors (Lipinski definition) is 2. The van der Waals surface area contributed by atoms with Crippen molar-refractivity contribution in [2.24, 2.45) is 22.6 Å². The Balaban J connectivity index is 1.99. The number of allylic oxidation sites excluding steroid dienone is 2. The molecule has 0 aliphatic heterocycles. The summed E-state index contributed by atoms with van der Waals surface area (Å²) in [5, 5.41) is 3.57. The lowest BCUT2D eigenvalue weighted by Crippen LogP contribution is -2.27. The van der Waals surface area contributed by atoms with Crippen LogP contribution in [0.1, 0.15) is 90.4 Å². The van der Waals surface area contributed by atoms with E-state index in [2.05, 4.69) is 11.9 Å². The Morgan fingerprint density at radius 3 is 2.15 bits per heavy atom. The molecule has 3 N–H and O–H groups in total. The van der Waals surface area contributed by atoms with Gasteiger partial charge in [-0.2, -0.15) is 0 Å². The van der Waals surface area contributed by atoms with Crippen molar-refractivity contribution < 1.29 is 0 Å². The lowest BCUT2D eigenvalue weighted by molar-refractivity contribution is 0.265. The number of hydrogen-bond acceptors (Lipinski definition) is 2. The maximum absolute atomic E-state index is 6.01. The first-order chi connectivity index (χ1) is 12.6. The summed E-state index contributed by atoms with van der Waals surface area (Å²) in [6.45, 7) is 5.63. The number of fused-ring (bicyclic) bond motifs is 2. The van der Waals surface area contributed by atoms with Crippen LogP contribution >= 0.6 is 11.6 Å². The fourth-order valence-electron chi connectivity index (χ4n) is 4.64. The zero-order valence-corrected chi connectivity index (χ0v) is 17.4. The van der Waals surface area contributed by atoms with Crippen molar-refractivity contribution in [1.82, 2.24) is 5.32 Å². The molecular formula is C22H38ClN3. The quantitative estimate of drug-likeness (QED) is 0.346. The highest BCUT2D eigenvalue weighted by Gasteiger charge is 2.21. The number of nitrogens with zero attached hydrogens (tertiary/aromatic N) is 1. The van der Waals surface area contributed by atoms with Crippen LogP contribution in [0.15, 0.2) is 28.5 Å². The predicted octanol–water partition coefficient (Wildman–Crippen LogP) is 6.25. The highest BCUT2D eigenvalue weighted by atomic mass is 35.5. The van der Waals surface area contributed by atoms with Crippen LogP contribution in [-0.4, -0.2) is 11.9 Å². The summed E-state index contributed by atoms with van der Waals surface area (Å²) in [5.41, 5.74) is 5.94. The monoisotopic (exact) mass is 379 g/mol. The lowest BCUT2D eigenvalue weighted by Gasteiger charge is -2.26. The van der Waals surface area contributed by atoms with E-state index in [4.69, 9.17) is 22.3 Å². The number of halogens is 1. The second-order valence-corrected chi connectivity index (χ2v) is 8.69. The summed E-state index contributed by atoms with van der Waals surface area (Å²) in [6.07, 6.45) is 19.4. The Bertz CT molecular complexity index is 498. The highest BCUT2D eigenvalue weighted by molar-refractivity contribution is 6.31. The number of nitrogens with two attached hydrogens (primary N) is 1. The standard InChI is InChI=1S/C22H38ClN3/c1-3-21(23)22(24)26-17(2)25-20-13-9-5-8-11-18-10-6-4-7-12-19(16-18)14-15-20/h3,18-20H,1,4-16,24H2,2H3,(H,25,26)/b22-21+. The fourth-order valence-corrected chi connectivity index (χ4v) is 4.68. The van der Waals surface area contributed by atoms with E-state index < -0.39 is 0 Å². The molecule has 2 rings (SSSR count). The second kappa shape index (κ2) is 11.7. The third-order valence-electron chi connectivity index (χ3n) is 6.08. The van der Waals surface area contributed by atoms with Gasteiger partial charge in [0.15, 0.2) is 0 Å². The van der Waals surface area contributed by atoms with Gasteiger partial charge in [-0.25, -0.2) is 0 Å². The van der Waals surface area contributed by atoms with E-state index in [9.17, 15) is 0 Å². The first-order valence-electron chi connectivity index (χ1n) is 10.7. The smallest absolute Gasteiger partial charge is 0.121 e. The van der Waals surface area contributed by atoms with Gasteiger partial charge in [0.05, 0.1) is 16.9 Å². The van der Waals surface area contributed by atoms with Gasteiger partial charge < -0.3 is 11.1 Å². The summed E-state index contributed by atoms with van der Waals surface area (Å²) in [4.78, 5) is 4.94. The van der Waals surface area contributed by atoms with Gasteiger partial charge in [-0.1, -0.05) is 76.0 Å². The van der Waals surface area contributed by atoms with Gasteiger partial charge >= 0.3 is 0 Å². The Kier molecular flexibility index (Phi) is 9.60. The van der Waals surface area contributed by atoms with Crippen molar-refractivity contribution >= 4 is 17.4 Å². The van der Waals surface area contributed by atoms with Gasteiger partial charge in [0.1, 0.15) is 5.82 Å². The van der Waals surface area contributed by atoms with Crippen LogP contribution in [0.25, 0.3) is 0 Å². The number of rotatable bonds is 3. The van der Waals surface area contributed by atoms with Crippen molar-refractivity contribution in [1.29, 1.82) is 0 Å². The molecule has 2 bridgehead atoms. The molecule has 3 unspecified atom stereocenters. The molecule has 0 amide bonds. The molecular weight excluding hydrogens is 342 g/mol. The third kappa shape index (κ3) is 7.73. The summed E-state index contributed by atoms with van der Waals surface area (Å²) in [7, 11) is 0. The normalized spacial score (nSPS) is 30.2. The van der Waals surface area contributed by atoms with E-state index in [-0.39, 0.29) is 0 Å². The summed E-state index contributed by atoms with van der Waals surface area (Å²) in [6, 6.07) is 0.403. The van der Waals surface area contributed by atoms with Gasteiger partial charge in [0.2, 0.25) is 0 Å². The molecule has 0 saturated heterocycles. The minimum absolute atomic E-state index is 0.403. The van der Waals surface area contributed by atoms with Gasteiger partial charge in [-0.15, -0.1) is 0 Å². The molecule has 0 radical (unpaired) electrons. The zero-order valence-electron chi connectivity index (χ0n) is 16.6. The fraction of sp³-hybridized carbons (Fsp3) is 0.773. The van der Waals surface area contributed by atoms with E-state index in [1.165, 1.54) is 83.5 Å². The Morgan fingerprint density at radius 2 is 1.54 bits per heavy atom. The van der Waals surface area contributed by atoms with Crippen LogP contribution in [-0.2, 0) is 0 Å². The molecule has 0 spiro atoms. The first kappa shape index (κ1) is 21.3. The average molecular weight is 380 g/mol. The van der Waals surface area contributed by atoms with Crippen LogP contribution in [0.2, 0.25) is 0 Å². The minimum atomic E-state index is 0.403. The van der Waals surface area contributed by atoms with Crippen LogP contribution in [0, 0.1) is 11.8 Å². The Labute approximate surface area is 165 Å². The van der Waals surface area contributed by atoms with E-state index in [1.807, 2.05) is 6.92 Å². The van der Waals surface area contributed by atoms with Gasteiger partial charge in [0.25, 0.3) is 0 Å². The molecule has 26 heavy (non-hydrogen) atoms. The van der Waals surface area contributed by atoms with Crippen molar-refractivity contribution in [3.8, 4) is 0 Å². The molecule has 2 aliphatic carbocycles. The number of nitrogens with one attached hydrogen (secondary N) is 1. The van der Waals surface area contributed by atoms with E-state index in [0.717, 1.165) is 17.7 Å². The largest absolute Gasteiger partial charge is 0.384 e. The molecule has 4 heteroatoms. The number of amidine groups is 1. The number of aliphatic imine (C=N–C) groups is 1. The SMILES string of the molecule is C=C/C(Cl)=C(/N)NC(C)=NC1CCCCCC2CCCCCC(CC1)C2. The molecule has 2 aliphatic rings.